The lowest BCUT2D eigenvalue weighted by molar-refractivity contribution is -0.286. The van der Waals surface area contributed by atoms with Crippen LogP contribution in [0.25, 0.3) is 22.5 Å². The minimum atomic E-state index is -1.96. The highest BCUT2D eigenvalue weighted by molar-refractivity contribution is 5.80. The van der Waals surface area contributed by atoms with E-state index in [1.165, 1.54) is 4.57 Å². The van der Waals surface area contributed by atoms with Crippen LogP contribution in [0.2, 0.25) is 0 Å². The van der Waals surface area contributed by atoms with Crippen molar-refractivity contribution < 1.29 is 44.0 Å². The van der Waals surface area contributed by atoms with Crippen LogP contribution >= 0.6 is 0 Å². The molecule has 0 bridgehead atoms. The van der Waals surface area contributed by atoms with E-state index in [1.807, 2.05) is 69.3 Å². The van der Waals surface area contributed by atoms with Crippen LogP contribution in [0.15, 0.2) is 62.6 Å². The monoisotopic (exact) mass is 678 g/mol. The molecular formula is C34H38N4O11. The maximum absolute atomic E-state index is 14.1. The number of carbonyl (C=O) groups excluding carboxylic acids is 1. The van der Waals surface area contributed by atoms with E-state index in [2.05, 4.69) is 14.7 Å². The first-order valence-electron chi connectivity index (χ1n) is 15.9. The fraction of sp³-hybridized carbons (Fsp3) is 0.412. The molecule has 1 fully saturated rings. The minimum Gasteiger partial charge on any atom is -0.479 e. The molecule has 5 rings (SSSR count). The number of benzene rings is 2. The van der Waals surface area contributed by atoms with Crippen LogP contribution in [0.5, 0.6) is 0 Å². The maximum Gasteiger partial charge on any atom is 0.439 e. The number of carbonyl (C=O) groups is 2. The maximum atomic E-state index is 14.1. The second kappa shape index (κ2) is 15.1. The Labute approximate surface area is 279 Å². The van der Waals surface area contributed by atoms with Crippen LogP contribution in [0.3, 0.4) is 0 Å². The van der Waals surface area contributed by atoms with E-state index in [1.54, 1.807) is 0 Å². The number of aromatic nitrogens is 4. The van der Waals surface area contributed by atoms with Gasteiger partial charge in [0.15, 0.2) is 11.9 Å². The Morgan fingerprint density at radius 2 is 1.69 bits per heavy atom. The Morgan fingerprint density at radius 1 is 1.00 bits per heavy atom. The number of aromatic amines is 1. The van der Waals surface area contributed by atoms with Crippen molar-refractivity contribution in [3.05, 3.63) is 92.1 Å². The van der Waals surface area contributed by atoms with Crippen molar-refractivity contribution in [3.63, 3.8) is 0 Å². The molecule has 1 saturated heterocycles. The Bertz CT molecular complexity index is 1910. The van der Waals surface area contributed by atoms with Gasteiger partial charge < -0.3 is 29.9 Å². The predicted molar refractivity (Wildman–Crippen MR) is 172 cm³/mol. The molecule has 2 aromatic carbocycles. The number of hydrogen-bond donors (Lipinski definition) is 5. The number of nitrogens with zero attached hydrogens (tertiary/aromatic N) is 3. The second-order valence-corrected chi connectivity index (χ2v) is 12.1. The lowest BCUT2D eigenvalue weighted by atomic mass is 9.98. The number of aliphatic hydroxyl groups excluding tert-OH is 3. The molecule has 1 aliphatic heterocycles. The standard InChI is InChI=1S/C34H38N4O11/c1-4-5-10-23-35-25(17(2)3)22(15-24(39)47-33-28(42)26(40)27(41)29(48-33)32(44)45)31(43)38(23)16-18-11-13-19(14-12-18)20-8-6-7-9-21(20)30-36-34(46)49-37-30/h6-9,11-14,17,26-29,33,40-42H,4-5,10,15-16H2,1-3H3,(H,44,45)(H,36,37,46)/t26-,27-,28+,29-,33+/m0/s1. The van der Waals surface area contributed by atoms with E-state index in [-0.39, 0.29) is 18.0 Å². The molecular weight excluding hydrogens is 640 g/mol. The van der Waals surface area contributed by atoms with E-state index in [0.29, 0.717) is 29.3 Å². The van der Waals surface area contributed by atoms with Crippen molar-refractivity contribution in [2.45, 2.75) is 89.6 Å². The molecule has 5 atom stereocenters. The molecule has 0 spiro atoms. The summed E-state index contributed by atoms with van der Waals surface area (Å²) in [7, 11) is 0. The molecule has 0 aliphatic carbocycles. The van der Waals surface area contributed by atoms with Crippen molar-refractivity contribution >= 4 is 11.9 Å². The number of aryl methyl sites for hydroxylation is 1. The highest BCUT2D eigenvalue weighted by atomic mass is 16.7. The molecule has 0 saturated carbocycles. The summed E-state index contributed by atoms with van der Waals surface area (Å²) < 4.78 is 16.5. The van der Waals surface area contributed by atoms with Crippen molar-refractivity contribution in [2.24, 2.45) is 0 Å². The molecule has 0 radical (unpaired) electrons. The van der Waals surface area contributed by atoms with Gasteiger partial charge in [-0.2, -0.15) is 0 Å². The number of nitrogens with one attached hydrogen (secondary N) is 1. The Morgan fingerprint density at radius 3 is 2.31 bits per heavy atom. The van der Waals surface area contributed by atoms with E-state index in [9.17, 15) is 39.6 Å². The van der Waals surface area contributed by atoms with Gasteiger partial charge in [-0.1, -0.05) is 80.9 Å². The summed E-state index contributed by atoms with van der Waals surface area (Å²) in [6.45, 7) is 5.82. The predicted octanol–water partition coefficient (Wildman–Crippen LogP) is 1.75. The topological polar surface area (TPSA) is 227 Å². The second-order valence-electron chi connectivity index (χ2n) is 12.1. The first-order valence-corrected chi connectivity index (χ1v) is 15.9. The lowest BCUT2D eigenvalue weighted by Gasteiger charge is -2.37. The third kappa shape index (κ3) is 7.70. The molecule has 0 amide bonds. The van der Waals surface area contributed by atoms with Crippen LogP contribution in [0, 0.1) is 0 Å². The summed E-state index contributed by atoms with van der Waals surface area (Å²) in [6.07, 6.45) is -8.14. The van der Waals surface area contributed by atoms with Crippen molar-refractivity contribution in [3.8, 4) is 22.5 Å². The number of ether oxygens (including phenoxy) is 2. The number of esters is 1. The van der Waals surface area contributed by atoms with E-state index in [4.69, 9.17) is 14.5 Å². The Kier molecular flexibility index (Phi) is 10.9. The van der Waals surface area contributed by atoms with Crippen LogP contribution in [-0.2, 0) is 38.4 Å². The van der Waals surface area contributed by atoms with Gasteiger partial charge in [-0.15, -0.1) is 0 Å². The quantitative estimate of drug-likeness (QED) is 0.135. The van der Waals surface area contributed by atoms with Crippen molar-refractivity contribution in [1.82, 2.24) is 19.7 Å². The highest BCUT2D eigenvalue weighted by Crippen LogP contribution is 2.30. The van der Waals surface area contributed by atoms with Gasteiger partial charge in [0.2, 0.25) is 6.29 Å². The van der Waals surface area contributed by atoms with E-state index in [0.717, 1.165) is 29.5 Å². The van der Waals surface area contributed by atoms with Crippen LogP contribution in [0.4, 0.5) is 0 Å². The highest BCUT2D eigenvalue weighted by Gasteiger charge is 2.48. The molecule has 1 aliphatic rings. The molecule has 15 heteroatoms. The van der Waals surface area contributed by atoms with E-state index >= 15 is 0 Å². The van der Waals surface area contributed by atoms with Gasteiger partial charge in [-0.3, -0.25) is 23.7 Å². The SMILES string of the molecule is CCCCc1nc(C(C)C)c(CC(=O)O[C@@H]2O[C@H](C(=O)O)[C@@H](O)[C@H](O)[C@H]2O)c(=O)n1Cc1ccc(-c2ccccc2-c2noc(=O)[nH]2)cc1. The number of carboxylic acid groups (broad SMARTS) is 1. The number of unbranched alkanes of at least 4 members (excludes halogenated alkanes) is 1. The van der Waals surface area contributed by atoms with Gasteiger partial charge in [0.1, 0.15) is 24.1 Å². The average Bonchev–Trinajstić information content (AvgIpc) is 3.52. The molecule has 3 heterocycles. The molecule has 5 N–H and O–H groups in total. The molecule has 0 unspecified atom stereocenters. The average molecular weight is 679 g/mol. The third-order valence-electron chi connectivity index (χ3n) is 8.28. The fourth-order valence-electron chi connectivity index (χ4n) is 5.71. The zero-order valence-electron chi connectivity index (χ0n) is 27.1. The summed E-state index contributed by atoms with van der Waals surface area (Å²) in [5.74, 6) is -2.74. The number of carboxylic acids is 1. The zero-order valence-corrected chi connectivity index (χ0v) is 27.1. The van der Waals surface area contributed by atoms with Crippen LogP contribution < -0.4 is 11.3 Å². The molecule has 49 heavy (non-hydrogen) atoms. The summed E-state index contributed by atoms with van der Waals surface area (Å²) >= 11 is 0. The summed E-state index contributed by atoms with van der Waals surface area (Å²) in [5, 5.41) is 43.5. The van der Waals surface area contributed by atoms with Crippen LogP contribution in [-0.4, -0.2) is 82.8 Å². The van der Waals surface area contributed by atoms with Crippen molar-refractivity contribution in [1.29, 1.82) is 0 Å². The van der Waals surface area contributed by atoms with Gasteiger partial charge in [0.25, 0.3) is 5.56 Å². The zero-order chi connectivity index (χ0) is 35.4. The van der Waals surface area contributed by atoms with Crippen LogP contribution in [0.1, 0.15) is 62.2 Å². The molecule has 260 valence electrons. The Hall–Kier alpha value is -4.96. The van der Waals surface area contributed by atoms with Crippen molar-refractivity contribution in [2.75, 3.05) is 0 Å². The first kappa shape index (κ1) is 35.3. The number of H-pyrrole nitrogens is 1. The van der Waals surface area contributed by atoms with Gasteiger partial charge in [-0.25, -0.2) is 14.6 Å². The summed E-state index contributed by atoms with van der Waals surface area (Å²) in [5.41, 5.74) is 3.06. The summed E-state index contributed by atoms with van der Waals surface area (Å²) in [4.78, 5) is 57.7. The smallest absolute Gasteiger partial charge is 0.439 e. The van der Waals surface area contributed by atoms with Gasteiger partial charge in [-0.05, 0) is 29.0 Å². The number of aliphatic hydroxyl groups is 3. The van der Waals surface area contributed by atoms with E-state index < -0.39 is 60.4 Å². The Balaban J connectivity index is 1.44. The van der Waals surface area contributed by atoms with Gasteiger partial charge >= 0.3 is 17.7 Å². The normalized spacial score (nSPS) is 20.8. The first-order chi connectivity index (χ1) is 23.4. The number of aliphatic carboxylic acids is 1. The number of hydrogen-bond acceptors (Lipinski definition) is 12. The molecule has 2 aromatic heterocycles. The van der Waals surface area contributed by atoms with Gasteiger partial charge in [0.05, 0.1) is 24.2 Å². The van der Waals surface area contributed by atoms with Gasteiger partial charge in [0, 0.05) is 12.0 Å². The summed E-state index contributed by atoms with van der Waals surface area (Å²) in [6, 6.07) is 14.8. The third-order valence-corrected chi connectivity index (χ3v) is 8.28. The molecule has 4 aromatic rings. The molecule has 15 nitrogen and oxygen atoms in total. The minimum absolute atomic E-state index is 0.0630. The largest absolute Gasteiger partial charge is 0.479 e. The lowest BCUT2D eigenvalue weighted by Crippen LogP contribution is -2.60. The fourth-order valence-corrected chi connectivity index (χ4v) is 5.71. The number of rotatable bonds is 12.